The van der Waals surface area contributed by atoms with Gasteiger partial charge in [0.05, 0.1) is 10.6 Å². The van der Waals surface area contributed by atoms with E-state index in [1.54, 1.807) is 19.9 Å². The molecule has 0 unspecified atom stereocenters. The second kappa shape index (κ2) is 7.40. The Kier molecular flexibility index (Phi) is 5.31. The van der Waals surface area contributed by atoms with Crippen LogP contribution in [-0.2, 0) is 4.79 Å². The van der Waals surface area contributed by atoms with Gasteiger partial charge in [-0.3, -0.25) is 14.9 Å². The van der Waals surface area contributed by atoms with Gasteiger partial charge in [0.15, 0.2) is 12.4 Å². The van der Waals surface area contributed by atoms with Crippen molar-refractivity contribution < 1.29 is 18.9 Å². The third-order valence-electron chi connectivity index (χ3n) is 3.20. The monoisotopic (exact) mass is 331 g/mol. The molecule has 1 amide bonds. The van der Waals surface area contributed by atoms with Crippen LogP contribution in [0.15, 0.2) is 39.9 Å². The lowest BCUT2D eigenvalue weighted by Gasteiger charge is -2.06. The highest BCUT2D eigenvalue weighted by atomic mass is 16.6. The molecule has 0 saturated heterocycles. The van der Waals surface area contributed by atoms with Crippen LogP contribution in [0.2, 0.25) is 0 Å². The van der Waals surface area contributed by atoms with E-state index < -0.39 is 10.8 Å². The number of hydrogen-bond donors (Lipinski definition) is 1. The summed E-state index contributed by atoms with van der Waals surface area (Å²) in [5.74, 6) is 0.965. The van der Waals surface area contributed by atoms with Crippen molar-refractivity contribution in [2.75, 3.05) is 6.61 Å². The summed E-state index contributed by atoms with van der Waals surface area (Å²) in [6.45, 7) is 4.98. The van der Waals surface area contributed by atoms with Crippen molar-refractivity contribution in [3.63, 3.8) is 0 Å². The van der Waals surface area contributed by atoms with Crippen molar-refractivity contribution in [3.8, 4) is 5.75 Å². The maximum Gasteiger partial charge on any atom is 0.310 e. The summed E-state index contributed by atoms with van der Waals surface area (Å²) in [5.41, 5.74) is 3.53. The highest BCUT2D eigenvalue weighted by molar-refractivity contribution is 6.00. The van der Waals surface area contributed by atoms with Gasteiger partial charge in [-0.15, -0.1) is 0 Å². The van der Waals surface area contributed by atoms with Gasteiger partial charge in [0.25, 0.3) is 5.91 Å². The number of para-hydroxylation sites is 2. The van der Waals surface area contributed by atoms with E-state index in [1.807, 2.05) is 13.0 Å². The van der Waals surface area contributed by atoms with Crippen molar-refractivity contribution in [1.29, 1.82) is 0 Å². The zero-order valence-electron chi connectivity index (χ0n) is 13.5. The molecule has 0 bridgehead atoms. The first-order chi connectivity index (χ1) is 11.4. The van der Waals surface area contributed by atoms with E-state index in [4.69, 9.17) is 9.15 Å². The minimum Gasteiger partial charge on any atom is -0.477 e. The SMILES string of the molecule is C/C(=N/NC(=O)COc1ccccc1[N+](=O)[O-])c1cc(C)oc1C. The lowest BCUT2D eigenvalue weighted by atomic mass is 10.2. The Morgan fingerprint density at radius 3 is 2.71 bits per heavy atom. The molecule has 0 aliphatic heterocycles. The van der Waals surface area contributed by atoms with E-state index in [0.717, 1.165) is 11.3 Å². The second-order valence-corrected chi connectivity index (χ2v) is 5.07. The topological polar surface area (TPSA) is 107 Å². The van der Waals surface area contributed by atoms with Gasteiger partial charge in [-0.2, -0.15) is 5.10 Å². The first-order valence-corrected chi connectivity index (χ1v) is 7.15. The molecule has 2 aromatic rings. The largest absolute Gasteiger partial charge is 0.477 e. The fraction of sp³-hybridized carbons (Fsp3) is 0.250. The number of nitro benzene ring substituents is 1. The fourth-order valence-electron chi connectivity index (χ4n) is 2.10. The number of carbonyl (C=O) groups excluding carboxylic acids is 1. The molecule has 1 heterocycles. The molecule has 0 aliphatic rings. The molecule has 8 heteroatoms. The summed E-state index contributed by atoms with van der Waals surface area (Å²) in [5, 5.41) is 14.8. The number of nitrogens with zero attached hydrogens (tertiary/aromatic N) is 2. The number of amides is 1. The third kappa shape index (κ3) is 4.19. The number of aryl methyl sites for hydroxylation is 2. The lowest BCUT2D eigenvalue weighted by molar-refractivity contribution is -0.385. The smallest absolute Gasteiger partial charge is 0.310 e. The molecule has 0 spiro atoms. The van der Waals surface area contributed by atoms with Crippen LogP contribution in [0.4, 0.5) is 5.69 Å². The van der Waals surface area contributed by atoms with Crippen molar-refractivity contribution in [1.82, 2.24) is 5.43 Å². The number of hydrazone groups is 1. The maximum absolute atomic E-state index is 11.8. The van der Waals surface area contributed by atoms with Crippen molar-refractivity contribution in [3.05, 3.63) is 57.5 Å². The minimum atomic E-state index is -0.570. The molecule has 2 rings (SSSR count). The Morgan fingerprint density at radius 2 is 2.08 bits per heavy atom. The first-order valence-electron chi connectivity index (χ1n) is 7.15. The molecule has 126 valence electrons. The van der Waals surface area contributed by atoms with Crippen LogP contribution in [0.5, 0.6) is 5.75 Å². The highest BCUT2D eigenvalue weighted by Crippen LogP contribution is 2.25. The first kappa shape index (κ1) is 17.2. The molecule has 0 saturated carbocycles. The van der Waals surface area contributed by atoms with Crippen LogP contribution >= 0.6 is 0 Å². The molecule has 0 aliphatic carbocycles. The van der Waals surface area contributed by atoms with Gasteiger partial charge < -0.3 is 9.15 Å². The number of rotatable bonds is 6. The van der Waals surface area contributed by atoms with Gasteiger partial charge in [0.1, 0.15) is 11.5 Å². The Hall–Kier alpha value is -3.16. The summed E-state index contributed by atoms with van der Waals surface area (Å²) < 4.78 is 10.6. The zero-order chi connectivity index (χ0) is 17.7. The predicted octanol–water partition coefficient (Wildman–Crippen LogP) is 2.72. The number of hydrogen-bond acceptors (Lipinski definition) is 6. The predicted molar refractivity (Wildman–Crippen MR) is 87.1 cm³/mol. The fourth-order valence-corrected chi connectivity index (χ4v) is 2.10. The number of furan rings is 1. The van der Waals surface area contributed by atoms with E-state index in [0.29, 0.717) is 11.5 Å². The average molecular weight is 331 g/mol. The normalized spacial score (nSPS) is 11.2. The Labute approximate surface area is 138 Å². The molecule has 0 radical (unpaired) electrons. The summed E-state index contributed by atoms with van der Waals surface area (Å²) in [4.78, 5) is 22.1. The lowest BCUT2D eigenvalue weighted by Crippen LogP contribution is -2.25. The van der Waals surface area contributed by atoms with Crippen LogP contribution in [0.25, 0.3) is 0 Å². The zero-order valence-corrected chi connectivity index (χ0v) is 13.5. The van der Waals surface area contributed by atoms with Crippen molar-refractivity contribution in [2.45, 2.75) is 20.8 Å². The van der Waals surface area contributed by atoms with Crippen LogP contribution in [0, 0.1) is 24.0 Å². The number of nitrogens with one attached hydrogen (secondary N) is 1. The molecule has 0 fully saturated rings. The van der Waals surface area contributed by atoms with E-state index in [9.17, 15) is 14.9 Å². The second-order valence-electron chi connectivity index (χ2n) is 5.07. The Balaban J connectivity index is 1.96. The number of benzene rings is 1. The highest BCUT2D eigenvalue weighted by Gasteiger charge is 2.15. The van der Waals surface area contributed by atoms with E-state index in [2.05, 4.69) is 10.5 Å². The van der Waals surface area contributed by atoms with E-state index >= 15 is 0 Å². The van der Waals surface area contributed by atoms with Crippen molar-refractivity contribution >= 4 is 17.3 Å². The minimum absolute atomic E-state index is 0.0275. The summed E-state index contributed by atoms with van der Waals surface area (Å²) in [6.07, 6.45) is 0. The third-order valence-corrected chi connectivity index (χ3v) is 3.20. The van der Waals surface area contributed by atoms with Crippen LogP contribution in [0.1, 0.15) is 24.0 Å². The quantitative estimate of drug-likeness (QED) is 0.497. The van der Waals surface area contributed by atoms with Crippen molar-refractivity contribution in [2.24, 2.45) is 5.10 Å². The molecule has 24 heavy (non-hydrogen) atoms. The van der Waals surface area contributed by atoms with E-state index in [-0.39, 0.29) is 18.0 Å². The van der Waals surface area contributed by atoms with Gasteiger partial charge in [-0.05, 0) is 32.9 Å². The average Bonchev–Trinajstić information content (AvgIpc) is 2.89. The molecule has 1 N–H and O–H groups in total. The van der Waals surface area contributed by atoms with Gasteiger partial charge in [0, 0.05) is 11.6 Å². The van der Waals surface area contributed by atoms with E-state index in [1.165, 1.54) is 18.2 Å². The molecular weight excluding hydrogens is 314 g/mol. The summed E-state index contributed by atoms with van der Waals surface area (Å²) >= 11 is 0. The van der Waals surface area contributed by atoms with Crippen LogP contribution in [-0.4, -0.2) is 23.1 Å². The Morgan fingerprint density at radius 1 is 1.38 bits per heavy atom. The summed E-state index contributed by atoms with van der Waals surface area (Å²) in [6, 6.07) is 7.67. The molecule has 8 nitrogen and oxygen atoms in total. The van der Waals surface area contributed by atoms with Gasteiger partial charge in [-0.25, -0.2) is 5.43 Å². The molecule has 0 atom stereocenters. The molecular formula is C16H17N3O5. The number of nitro groups is 1. The standard InChI is InChI=1S/C16H17N3O5/c1-10-8-13(12(3)24-10)11(2)17-18-16(20)9-23-15-7-5-4-6-14(15)19(21)22/h4-8H,9H2,1-3H3,(H,18,20)/b17-11-. The van der Waals surface area contributed by atoms with Gasteiger partial charge in [-0.1, -0.05) is 12.1 Å². The molecule has 1 aromatic carbocycles. The van der Waals surface area contributed by atoms with Gasteiger partial charge >= 0.3 is 5.69 Å². The van der Waals surface area contributed by atoms with Gasteiger partial charge in [0.2, 0.25) is 0 Å². The Bertz CT molecular complexity index is 795. The number of ether oxygens (including phenoxy) is 1. The molecule has 1 aromatic heterocycles. The maximum atomic E-state index is 11.8. The number of carbonyl (C=O) groups is 1. The van der Waals surface area contributed by atoms with Crippen LogP contribution in [0.3, 0.4) is 0 Å². The summed E-state index contributed by atoms with van der Waals surface area (Å²) in [7, 11) is 0. The van der Waals surface area contributed by atoms with Crippen LogP contribution < -0.4 is 10.2 Å².